The number of carboxylic acid groups (broad SMARTS) is 1. The van der Waals surface area contributed by atoms with Crippen molar-refractivity contribution in [3.8, 4) is 0 Å². The van der Waals surface area contributed by atoms with Crippen LogP contribution in [0.2, 0.25) is 0 Å². The second kappa shape index (κ2) is 5.14. The van der Waals surface area contributed by atoms with Gasteiger partial charge < -0.3 is 14.7 Å². The van der Waals surface area contributed by atoms with Gasteiger partial charge in [-0.05, 0) is 18.6 Å². The van der Waals surface area contributed by atoms with Crippen molar-refractivity contribution >= 4 is 11.8 Å². The quantitative estimate of drug-likeness (QED) is 0.852. The number of pyridine rings is 1. The number of anilines is 1. The van der Waals surface area contributed by atoms with Gasteiger partial charge in [0.25, 0.3) is 0 Å². The molecule has 17 heavy (non-hydrogen) atoms. The molecule has 1 N–H and O–H groups in total. The van der Waals surface area contributed by atoms with Crippen molar-refractivity contribution in [2.45, 2.75) is 6.42 Å². The lowest BCUT2D eigenvalue weighted by Crippen LogP contribution is -2.22. The maximum atomic E-state index is 10.7. The smallest absolute Gasteiger partial charge is 0.337 e. The van der Waals surface area contributed by atoms with Gasteiger partial charge in [0.05, 0.1) is 12.2 Å². The Morgan fingerprint density at radius 1 is 1.65 bits per heavy atom. The van der Waals surface area contributed by atoms with E-state index in [4.69, 9.17) is 9.84 Å². The minimum Gasteiger partial charge on any atom is -0.478 e. The highest BCUT2D eigenvalue weighted by atomic mass is 16.5. The first-order chi connectivity index (χ1) is 8.20. The maximum Gasteiger partial charge on any atom is 0.337 e. The monoisotopic (exact) mass is 236 g/mol. The number of hydrogen-bond acceptors (Lipinski definition) is 4. The van der Waals surface area contributed by atoms with Gasteiger partial charge in [-0.3, -0.25) is 0 Å². The van der Waals surface area contributed by atoms with Gasteiger partial charge >= 0.3 is 5.97 Å². The summed E-state index contributed by atoms with van der Waals surface area (Å²) in [5, 5.41) is 8.78. The van der Waals surface area contributed by atoms with Crippen LogP contribution in [0, 0.1) is 5.92 Å². The summed E-state index contributed by atoms with van der Waals surface area (Å²) in [5.41, 5.74) is 0.224. The summed E-state index contributed by atoms with van der Waals surface area (Å²) in [5.74, 6) is 0.442. The second-order valence-electron chi connectivity index (χ2n) is 4.27. The van der Waals surface area contributed by atoms with E-state index in [1.54, 1.807) is 19.2 Å². The third-order valence-corrected chi connectivity index (χ3v) is 3.01. The number of nitrogens with zero attached hydrogens (tertiary/aromatic N) is 2. The number of hydrogen-bond donors (Lipinski definition) is 1. The molecule has 1 aromatic rings. The number of aromatic carboxylic acids is 1. The van der Waals surface area contributed by atoms with E-state index in [-0.39, 0.29) is 5.56 Å². The number of aromatic nitrogens is 1. The lowest BCUT2D eigenvalue weighted by atomic mass is 10.1. The molecule has 1 fully saturated rings. The molecule has 0 aliphatic carbocycles. The molecule has 5 heteroatoms. The zero-order valence-corrected chi connectivity index (χ0v) is 9.80. The van der Waals surface area contributed by atoms with Crippen molar-refractivity contribution in [3.63, 3.8) is 0 Å². The Balaban J connectivity index is 2.01. The molecule has 0 bridgehead atoms. The van der Waals surface area contributed by atoms with Gasteiger partial charge in [-0.15, -0.1) is 0 Å². The number of ether oxygens (including phenoxy) is 1. The van der Waals surface area contributed by atoms with E-state index in [1.807, 2.05) is 0 Å². The fraction of sp³-hybridized carbons (Fsp3) is 0.500. The van der Waals surface area contributed by atoms with Crippen molar-refractivity contribution in [3.05, 3.63) is 23.9 Å². The lowest BCUT2D eigenvalue weighted by Gasteiger charge is -2.17. The first-order valence-electron chi connectivity index (χ1n) is 5.64. The van der Waals surface area contributed by atoms with E-state index in [2.05, 4.69) is 9.88 Å². The maximum absolute atomic E-state index is 10.7. The molecule has 5 nitrogen and oxygen atoms in total. The third-order valence-electron chi connectivity index (χ3n) is 3.01. The van der Waals surface area contributed by atoms with Gasteiger partial charge in [-0.2, -0.15) is 0 Å². The van der Waals surface area contributed by atoms with E-state index >= 15 is 0 Å². The number of methoxy groups -OCH3 is 1. The Kier molecular flexibility index (Phi) is 3.58. The molecule has 0 unspecified atom stereocenters. The summed E-state index contributed by atoms with van der Waals surface area (Å²) in [6, 6.07) is 3.35. The number of carbonyl (C=O) groups is 1. The highest BCUT2D eigenvalue weighted by molar-refractivity contribution is 5.87. The van der Waals surface area contributed by atoms with Gasteiger partial charge in [0.15, 0.2) is 0 Å². The molecule has 0 radical (unpaired) electrons. The van der Waals surface area contributed by atoms with E-state index in [1.165, 1.54) is 6.20 Å². The Hall–Kier alpha value is -1.62. The first-order valence-corrected chi connectivity index (χ1v) is 5.64. The van der Waals surface area contributed by atoms with Gasteiger partial charge in [0.2, 0.25) is 0 Å². The standard InChI is InChI=1S/C12H16N2O3/c1-17-8-9-4-5-14(7-9)11-3-2-10(6-13-11)12(15)16/h2-3,6,9H,4-5,7-8H2,1H3,(H,15,16)/t9-/m1/s1. The van der Waals surface area contributed by atoms with E-state index in [0.717, 1.165) is 31.9 Å². The summed E-state index contributed by atoms with van der Waals surface area (Å²) in [6.45, 7) is 2.64. The predicted octanol–water partition coefficient (Wildman–Crippen LogP) is 1.25. The van der Waals surface area contributed by atoms with E-state index < -0.39 is 5.97 Å². The van der Waals surface area contributed by atoms with Crippen LogP contribution in [-0.4, -0.2) is 42.9 Å². The zero-order chi connectivity index (χ0) is 12.3. The lowest BCUT2D eigenvalue weighted by molar-refractivity contribution is 0.0696. The molecule has 0 amide bonds. The Morgan fingerprint density at radius 3 is 3.06 bits per heavy atom. The molecule has 92 valence electrons. The molecule has 2 rings (SSSR count). The van der Waals surface area contributed by atoms with Crippen LogP contribution < -0.4 is 4.90 Å². The van der Waals surface area contributed by atoms with Crippen LogP contribution in [-0.2, 0) is 4.74 Å². The Bertz CT molecular complexity index is 391. The van der Waals surface area contributed by atoms with Crippen LogP contribution in [0.25, 0.3) is 0 Å². The second-order valence-corrected chi connectivity index (χ2v) is 4.27. The van der Waals surface area contributed by atoms with Crippen LogP contribution in [0.1, 0.15) is 16.8 Å². The Morgan fingerprint density at radius 2 is 2.47 bits per heavy atom. The fourth-order valence-electron chi connectivity index (χ4n) is 2.11. The predicted molar refractivity (Wildman–Crippen MR) is 63.4 cm³/mol. The van der Waals surface area contributed by atoms with Gasteiger partial charge in [-0.1, -0.05) is 0 Å². The SMILES string of the molecule is COC[C@@H]1CCN(c2ccc(C(=O)O)cn2)C1. The molecular weight excluding hydrogens is 220 g/mol. The largest absolute Gasteiger partial charge is 0.478 e. The van der Waals surface area contributed by atoms with Gasteiger partial charge in [0.1, 0.15) is 5.82 Å². The van der Waals surface area contributed by atoms with Crippen molar-refractivity contribution in [2.75, 3.05) is 31.7 Å². The minimum absolute atomic E-state index is 0.224. The van der Waals surface area contributed by atoms with E-state index in [9.17, 15) is 4.79 Å². The summed E-state index contributed by atoms with van der Waals surface area (Å²) in [7, 11) is 1.71. The topological polar surface area (TPSA) is 62.7 Å². The van der Waals surface area contributed by atoms with Crippen molar-refractivity contribution in [2.24, 2.45) is 5.92 Å². The van der Waals surface area contributed by atoms with E-state index in [0.29, 0.717) is 5.92 Å². The molecule has 1 atom stereocenters. The normalized spacial score (nSPS) is 19.6. The Labute approximate surface area is 100 Å². The zero-order valence-electron chi connectivity index (χ0n) is 9.80. The molecule has 1 aliphatic heterocycles. The molecule has 0 saturated carbocycles. The molecule has 0 aromatic carbocycles. The van der Waals surface area contributed by atoms with Crippen molar-refractivity contribution < 1.29 is 14.6 Å². The van der Waals surface area contributed by atoms with Crippen LogP contribution in [0.15, 0.2) is 18.3 Å². The summed E-state index contributed by atoms with van der Waals surface area (Å²) >= 11 is 0. The van der Waals surface area contributed by atoms with Gasteiger partial charge in [-0.25, -0.2) is 9.78 Å². The highest BCUT2D eigenvalue weighted by Crippen LogP contribution is 2.22. The molecule has 1 aliphatic rings. The van der Waals surface area contributed by atoms with Crippen LogP contribution in [0.5, 0.6) is 0 Å². The fourth-order valence-corrected chi connectivity index (χ4v) is 2.11. The van der Waals surface area contributed by atoms with Crippen molar-refractivity contribution in [1.29, 1.82) is 0 Å². The van der Waals surface area contributed by atoms with Crippen LogP contribution in [0.3, 0.4) is 0 Å². The molecule has 0 spiro atoms. The summed E-state index contributed by atoms with van der Waals surface area (Å²) in [6.07, 6.45) is 2.50. The number of carboxylic acids is 1. The average molecular weight is 236 g/mol. The molecule has 2 heterocycles. The van der Waals surface area contributed by atoms with Gasteiger partial charge in [0, 0.05) is 32.3 Å². The summed E-state index contributed by atoms with van der Waals surface area (Å²) < 4.78 is 5.14. The summed E-state index contributed by atoms with van der Waals surface area (Å²) in [4.78, 5) is 17.0. The molecule has 1 aromatic heterocycles. The molecular formula is C12H16N2O3. The first kappa shape index (κ1) is 11.9. The molecule has 1 saturated heterocycles. The average Bonchev–Trinajstić information content (AvgIpc) is 2.78. The third kappa shape index (κ3) is 2.74. The van der Waals surface area contributed by atoms with Crippen molar-refractivity contribution in [1.82, 2.24) is 4.98 Å². The number of rotatable bonds is 4. The van der Waals surface area contributed by atoms with Crippen LogP contribution >= 0.6 is 0 Å². The minimum atomic E-state index is -0.942. The van der Waals surface area contributed by atoms with Crippen LogP contribution in [0.4, 0.5) is 5.82 Å². The highest BCUT2D eigenvalue weighted by Gasteiger charge is 2.23.